The van der Waals surface area contributed by atoms with Crippen molar-refractivity contribution in [3.8, 4) is 11.3 Å². The minimum Gasteiger partial charge on any atom is -0.352 e. The number of hydrogen-bond acceptors (Lipinski definition) is 4. The van der Waals surface area contributed by atoms with E-state index >= 15 is 0 Å². The third kappa shape index (κ3) is 3.99. The maximum absolute atomic E-state index is 12.6. The summed E-state index contributed by atoms with van der Waals surface area (Å²) in [6.45, 7) is 4.85. The van der Waals surface area contributed by atoms with Crippen LogP contribution in [-0.4, -0.2) is 47.2 Å². The van der Waals surface area contributed by atoms with Crippen molar-refractivity contribution in [2.45, 2.75) is 6.92 Å². The number of nitrogens with zero attached hydrogens (tertiary/aromatic N) is 4. The zero-order valence-electron chi connectivity index (χ0n) is 15.7. The SMILES string of the molecule is Cc1ccc(C(=O)N2CCN(c3ccc(-c4ccc(Cl)cc4)nn3)CC2)cc1. The maximum atomic E-state index is 12.6. The summed E-state index contributed by atoms with van der Waals surface area (Å²) in [6.07, 6.45) is 0. The number of amides is 1. The smallest absolute Gasteiger partial charge is 0.253 e. The normalized spacial score (nSPS) is 14.2. The number of hydrogen-bond donors (Lipinski definition) is 0. The van der Waals surface area contributed by atoms with Crippen LogP contribution in [0.4, 0.5) is 5.82 Å². The minimum absolute atomic E-state index is 0.0869. The summed E-state index contributed by atoms with van der Waals surface area (Å²) in [5.74, 6) is 0.920. The number of aryl methyl sites for hydroxylation is 1. The van der Waals surface area contributed by atoms with E-state index in [0.717, 1.165) is 41.3 Å². The minimum atomic E-state index is 0.0869. The molecular weight excluding hydrogens is 372 g/mol. The molecule has 3 aromatic rings. The van der Waals surface area contributed by atoms with Crippen molar-refractivity contribution in [3.05, 3.63) is 76.8 Å². The Morgan fingerprint density at radius 2 is 1.54 bits per heavy atom. The molecule has 4 rings (SSSR count). The molecule has 1 saturated heterocycles. The van der Waals surface area contributed by atoms with Crippen LogP contribution in [0.2, 0.25) is 5.02 Å². The molecule has 0 unspecified atom stereocenters. The van der Waals surface area contributed by atoms with E-state index in [1.807, 2.05) is 72.5 Å². The maximum Gasteiger partial charge on any atom is 0.253 e. The van der Waals surface area contributed by atoms with Crippen molar-refractivity contribution in [2.24, 2.45) is 0 Å². The van der Waals surface area contributed by atoms with Gasteiger partial charge in [0.15, 0.2) is 5.82 Å². The fourth-order valence-electron chi connectivity index (χ4n) is 3.29. The van der Waals surface area contributed by atoms with Crippen LogP contribution in [0.1, 0.15) is 15.9 Å². The molecule has 1 aliphatic heterocycles. The second kappa shape index (κ2) is 7.98. The Hall–Kier alpha value is -2.92. The van der Waals surface area contributed by atoms with Gasteiger partial charge in [-0.15, -0.1) is 10.2 Å². The molecule has 0 saturated carbocycles. The van der Waals surface area contributed by atoms with Gasteiger partial charge in [0, 0.05) is 42.3 Å². The first-order chi connectivity index (χ1) is 13.6. The Morgan fingerprint density at radius 3 is 2.14 bits per heavy atom. The Bertz CT molecular complexity index is 947. The van der Waals surface area contributed by atoms with E-state index < -0.39 is 0 Å². The van der Waals surface area contributed by atoms with Crippen molar-refractivity contribution in [3.63, 3.8) is 0 Å². The molecule has 0 radical (unpaired) electrons. The topological polar surface area (TPSA) is 49.3 Å². The van der Waals surface area contributed by atoms with Crippen LogP contribution in [0.15, 0.2) is 60.7 Å². The van der Waals surface area contributed by atoms with E-state index in [0.29, 0.717) is 18.1 Å². The summed E-state index contributed by atoms with van der Waals surface area (Å²) < 4.78 is 0. The quantitative estimate of drug-likeness (QED) is 0.674. The zero-order valence-corrected chi connectivity index (χ0v) is 16.4. The predicted molar refractivity (Wildman–Crippen MR) is 112 cm³/mol. The number of anilines is 1. The van der Waals surface area contributed by atoms with Crippen LogP contribution in [-0.2, 0) is 0 Å². The summed E-state index contributed by atoms with van der Waals surface area (Å²) in [7, 11) is 0. The highest BCUT2D eigenvalue weighted by Crippen LogP contribution is 2.21. The molecule has 2 heterocycles. The first kappa shape index (κ1) is 18.4. The summed E-state index contributed by atoms with van der Waals surface area (Å²) in [4.78, 5) is 16.7. The molecule has 0 atom stereocenters. The monoisotopic (exact) mass is 392 g/mol. The number of rotatable bonds is 3. The first-order valence-corrected chi connectivity index (χ1v) is 9.68. The third-order valence-corrected chi connectivity index (χ3v) is 5.23. The molecule has 0 N–H and O–H groups in total. The van der Waals surface area contributed by atoms with Gasteiger partial charge in [0.1, 0.15) is 0 Å². The first-order valence-electron chi connectivity index (χ1n) is 9.31. The van der Waals surface area contributed by atoms with Crippen LogP contribution >= 0.6 is 11.6 Å². The summed E-state index contributed by atoms with van der Waals surface area (Å²) in [5, 5.41) is 9.43. The van der Waals surface area contributed by atoms with Gasteiger partial charge in [-0.05, 0) is 43.3 Å². The van der Waals surface area contributed by atoms with Crippen molar-refractivity contribution < 1.29 is 4.79 Å². The Kier molecular flexibility index (Phi) is 5.26. The van der Waals surface area contributed by atoms with Crippen LogP contribution in [0.3, 0.4) is 0 Å². The van der Waals surface area contributed by atoms with Crippen LogP contribution < -0.4 is 4.90 Å². The number of carbonyl (C=O) groups is 1. The van der Waals surface area contributed by atoms with E-state index in [1.165, 1.54) is 0 Å². The summed E-state index contributed by atoms with van der Waals surface area (Å²) >= 11 is 5.94. The lowest BCUT2D eigenvalue weighted by Gasteiger charge is -2.35. The van der Waals surface area contributed by atoms with Crippen LogP contribution in [0.25, 0.3) is 11.3 Å². The number of benzene rings is 2. The number of halogens is 1. The molecular formula is C22H21ClN4O. The van der Waals surface area contributed by atoms with Gasteiger partial charge in [0.25, 0.3) is 5.91 Å². The van der Waals surface area contributed by atoms with E-state index in [4.69, 9.17) is 11.6 Å². The lowest BCUT2D eigenvalue weighted by Crippen LogP contribution is -2.49. The molecule has 0 spiro atoms. The molecule has 6 heteroatoms. The molecule has 1 aliphatic rings. The highest BCUT2D eigenvalue weighted by atomic mass is 35.5. The highest BCUT2D eigenvalue weighted by Gasteiger charge is 2.23. The second-order valence-electron chi connectivity index (χ2n) is 6.93. The van der Waals surface area contributed by atoms with Crippen molar-refractivity contribution in [1.82, 2.24) is 15.1 Å². The number of piperazine rings is 1. The molecule has 1 aromatic heterocycles. The van der Waals surface area contributed by atoms with Gasteiger partial charge in [-0.25, -0.2) is 0 Å². The van der Waals surface area contributed by atoms with E-state index in [2.05, 4.69) is 15.1 Å². The van der Waals surface area contributed by atoms with Gasteiger partial charge in [0.2, 0.25) is 0 Å². The summed E-state index contributed by atoms with van der Waals surface area (Å²) in [6, 6.07) is 19.2. The van der Waals surface area contributed by atoms with Gasteiger partial charge in [-0.2, -0.15) is 0 Å². The standard InChI is InChI=1S/C22H21ClN4O/c1-16-2-4-18(5-3-16)22(28)27-14-12-26(13-15-27)21-11-10-20(24-25-21)17-6-8-19(23)9-7-17/h2-11H,12-15H2,1H3. The van der Waals surface area contributed by atoms with Gasteiger partial charge in [-0.1, -0.05) is 41.4 Å². The molecule has 0 bridgehead atoms. The molecule has 142 valence electrons. The molecule has 28 heavy (non-hydrogen) atoms. The van der Waals surface area contributed by atoms with E-state index in [-0.39, 0.29) is 5.91 Å². The van der Waals surface area contributed by atoms with Crippen molar-refractivity contribution >= 4 is 23.3 Å². The lowest BCUT2D eigenvalue weighted by molar-refractivity contribution is 0.0746. The molecule has 2 aromatic carbocycles. The van der Waals surface area contributed by atoms with Crippen LogP contribution in [0, 0.1) is 6.92 Å². The molecule has 1 fully saturated rings. The second-order valence-corrected chi connectivity index (χ2v) is 7.37. The third-order valence-electron chi connectivity index (χ3n) is 4.98. The fraction of sp³-hybridized carbons (Fsp3) is 0.227. The Morgan fingerprint density at radius 1 is 0.857 bits per heavy atom. The molecule has 0 aliphatic carbocycles. The predicted octanol–water partition coefficient (Wildman–Crippen LogP) is 4.07. The molecule has 5 nitrogen and oxygen atoms in total. The largest absolute Gasteiger partial charge is 0.352 e. The highest BCUT2D eigenvalue weighted by molar-refractivity contribution is 6.30. The average Bonchev–Trinajstić information content (AvgIpc) is 2.75. The zero-order chi connectivity index (χ0) is 19.5. The van der Waals surface area contributed by atoms with E-state index in [9.17, 15) is 4.79 Å². The van der Waals surface area contributed by atoms with Gasteiger partial charge < -0.3 is 9.80 Å². The van der Waals surface area contributed by atoms with Crippen molar-refractivity contribution in [2.75, 3.05) is 31.1 Å². The van der Waals surface area contributed by atoms with Gasteiger partial charge in [0.05, 0.1) is 5.69 Å². The average molecular weight is 393 g/mol. The lowest BCUT2D eigenvalue weighted by atomic mass is 10.1. The Balaban J connectivity index is 1.39. The molecule has 1 amide bonds. The van der Waals surface area contributed by atoms with E-state index in [1.54, 1.807) is 0 Å². The van der Waals surface area contributed by atoms with Gasteiger partial charge in [-0.3, -0.25) is 4.79 Å². The van der Waals surface area contributed by atoms with Crippen LogP contribution in [0.5, 0.6) is 0 Å². The van der Waals surface area contributed by atoms with Crippen molar-refractivity contribution in [1.29, 1.82) is 0 Å². The number of carbonyl (C=O) groups excluding carboxylic acids is 1. The fourth-order valence-corrected chi connectivity index (χ4v) is 3.41. The van der Waals surface area contributed by atoms with Gasteiger partial charge >= 0.3 is 0 Å². The number of aromatic nitrogens is 2. The summed E-state index contributed by atoms with van der Waals surface area (Å²) in [5.41, 5.74) is 3.69. The Labute approximate surface area is 169 Å².